The van der Waals surface area contributed by atoms with Crippen molar-refractivity contribution in [1.82, 2.24) is 20.0 Å². The summed E-state index contributed by atoms with van der Waals surface area (Å²) in [6.07, 6.45) is 1.26. The number of carbonyl (C=O) groups is 5. The van der Waals surface area contributed by atoms with Gasteiger partial charge in [-0.05, 0) is 97.6 Å². The van der Waals surface area contributed by atoms with Gasteiger partial charge in [0.2, 0.25) is 11.8 Å². The Morgan fingerprint density at radius 3 is 2.00 bits per heavy atom. The van der Waals surface area contributed by atoms with Gasteiger partial charge in [-0.15, -0.1) is 11.3 Å². The van der Waals surface area contributed by atoms with E-state index in [1.165, 1.54) is 23.5 Å². The lowest BCUT2D eigenvalue weighted by Crippen LogP contribution is -2.54. The molecule has 0 bridgehead atoms. The average molecular weight is 843 g/mol. The van der Waals surface area contributed by atoms with Crippen molar-refractivity contribution in [3.63, 3.8) is 0 Å². The van der Waals surface area contributed by atoms with Gasteiger partial charge in [-0.25, -0.2) is 4.39 Å². The van der Waals surface area contributed by atoms with Crippen molar-refractivity contribution in [2.75, 3.05) is 75.2 Å². The summed E-state index contributed by atoms with van der Waals surface area (Å²) in [5, 5.41) is 22.4. The molecule has 312 valence electrons. The van der Waals surface area contributed by atoms with E-state index in [1.54, 1.807) is 42.5 Å². The van der Waals surface area contributed by atoms with Gasteiger partial charge in [-0.1, -0.05) is 24.3 Å². The Morgan fingerprint density at radius 1 is 0.738 bits per heavy atom. The molecule has 1 unspecified atom stereocenters. The summed E-state index contributed by atoms with van der Waals surface area (Å²) in [4.78, 5) is 75.8. The number of fused-ring (bicyclic) bond motifs is 2. The first-order valence-corrected chi connectivity index (χ1v) is 21.5. The Bertz CT molecular complexity index is 2540. The normalized spacial score (nSPS) is 18.9. The van der Waals surface area contributed by atoms with E-state index in [4.69, 9.17) is 0 Å². The van der Waals surface area contributed by atoms with Gasteiger partial charge in [-0.2, -0.15) is 0 Å². The minimum atomic E-state index is -1.64. The number of nitrogens with one attached hydrogen (secondary N) is 1. The molecule has 3 fully saturated rings. The van der Waals surface area contributed by atoms with Crippen LogP contribution >= 0.6 is 11.3 Å². The van der Waals surface area contributed by atoms with Gasteiger partial charge in [0.1, 0.15) is 11.9 Å². The molecule has 4 aliphatic rings. The number of carbonyl (C=O) groups excluding carboxylic acids is 5. The Morgan fingerprint density at radius 2 is 1.36 bits per heavy atom. The zero-order valence-electron chi connectivity index (χ0n) is 33.4. The smallest absolute Gasteiger partial charge is 0.423 e. The summed E-state index contributed by atoms with van der Waals surface area (Å²) in [6.45, 7) is 8.91. The first-order chi connectivity index (χ1) is 29.5. The molecule has 1 aromatic heterocycles. The highest BCUT2D eigenvalue weighted by molar-refractivity contribution is 7.23. The molecule has 3 saturated heterocycles. The maximum atomic E-state index is 14.1. The van der Waals surface area contributed by atoms with Crippen LogP contribution < -0.4 is 20.6 Å². The quantitative estimate of drug-likeness (QED) is 0.102. The molecule has 0 spiro atoms. The highest BCUT2D eigenvalue weighted by atomic mass is 32.1. The fraction of sp³-hybridized carbons (Fsp3) is 0.311. The largest absolute Gasteiger partial charge is 0.488 e. The SMILES string of the molecule is O=C1CCC(N2C(=O)c3ccc(N4CCN(CCCN5CCN(c6ccc(C(=O)c7c(-c8ccc(F)cc8)sc8cc(B(O)O)ccc78)cc6)CC5)CC4)cc3C2=O)C(=O)N1. The number of piperazine rings is 2. The highest BCUT2D eigenvalue weighted by Gasteiger charge is 2.45. The van der Waals surface area contributed by atoms with Crippen molar-refractivity contribution >= 4 is 74.8 Å². The third kappa shape index (κ3) is 8.09. The molecular formula is C45H44BFN6O7S. The van der Waals surface area contributed by atoms with Crippen molar-refractivity contribution in [1.29, 1.82) is 0 Å². The van der Waals surface area contributed by atoms with E-state index < -0.39 is 36.8 Å². The Hall–Kier alpha value is -5.78. The molecule has 13 nitrogen and oxygen atoms in total. The van der Waals surface area contributed by atoms with Gasteiger partial charge in [-0.3, -0.25) is 44.0 Å². The molecule has 3 N–H and O–H groups in total. The minimum absolute atomic E-state index is 0.0844. The summed E-state index contributed by atoms with van der Waals surface area (Å²) < 4.78 is 14.5. The lowest BCUT2D eigenvalue weighted by Gasteiger charge is -2.38. The molecule has 61 heavy (non-hydrogen) atoms. The van der Waals surface area contributed by atoms with Crippen molar-refractivity contribution in [3.05, 3.63) is 113 Å². The van der Waals surface area contributed by atoms with E-state index in [2.05, 4.69) is 24.9 Å². The number of hydrogen-bond acceptors (Lipinski definition) is 12. The molecule has 5 aromatic rings. The van der Waals surface area contributed by atoms with Crippen LogP contribution in [0.5, 0.6) is 0 Å². The van der Waals surface area contributed by atoms with Gasteiger partial charge in [0.25, 0.3) is 11.8 Å². The Balaban J connectivity index is 0.751. The van der Waals surface area contributed by atoms with Crippen LogP contribution in [0.4, 0.5) is 15.8 Å². The van der Waals surface area contributed by atoms with Gasteiger partial charge >= 0.3 is 7.12 Å². The van der Waals surface area contributed by atoms with Crippen molar-refractivity contribution < 1.29 is 38.4 Å². The average Bonchev–Trinajstić information content (AvgIpc) is 3.77. The van der Waals surface area contributed by atoms with E-state index >= 15 is 0 Å². The van der Waals surface area contributed by atoms with Crippen LogP contribution in [0.25, 0.3) is 20.5 Å². The molecule has 16 heteroatoms. The summed E-state index contributed by atoms with van der Waals surface area (Å²) in [5.41, 5.74) is 4.59. The zero-order valence-corrected chi connectivity index (χ0v) is 34.2. The van der Waals surface area contributed by atoms with Crippen LogP contribution in [0.15, 0.2) is 84.9 Å². The summed E-state index contributed by atoms with van der Waals surface area (Å²) in [6, 6.07) is 23.1. The number of nitrogens with zero attached hydrogens (tertiary/aromatic N) is 5. The number of ketones is 1. The van der Waals surface area contributed by atoms with E-state index in [1.807, 2.05) is 30.3 Å². The summed E-state index contributed by atoms with van der Waals surface area (Å²) in [5.74, 6) is -2.53. The predicted molar refractivity (Wildman–Crippen MR) is 232 cm³/mol. The van der Waals surface area contributed by atoms with Crippen molar-refractivity contribution in [2.45, 2.75) is 25.3 Å². The van der Waals surface area contributed by atoms with E-state index in [0.29, 0.717) is 38.0 Å². The molecule has 0 aliphatic carbocycles. The lowest BCUT2D eigenvalue weighted by atomic mass is 9.80. The molecule has 0 saturated carbocycles. The molecule has 4 amide bonds. The van der Waals surface area contributed by atoms with Gasteiger partial charge in [0.15, 0.2) is 5.78 Å². The van der Waals surface area contributed by atoms with E-state index in [9.17, 15) is 38.4 Å². The van der Waals surface area contributed by atoms with Crippen LogP contribution in [0, 0.1) is 5.82 Å². The van der Waals surface area contributed by atoms with Crippen LogP contribution in [0.2, 0.25) is 0 Å². The van der Waals surface area contributed by atoms with Gasteiger partial charge in [0.05, 0.1) is 11.1 Å². The van der Waals surface area contributed by atoms with Crippen molar-refractivity contribution in [3.8, 4) is 10.4 Å². The lowest BCUT2D eigenvalue weighted by molar-refractivity contribution is -0.136. The number of rotatable bonds is 11. The maximum Gasteiger partial charge on any atom is 0.488 e. The number of benzene rings is 4. The number of halogens is 1. The minimum Gasteiger partial charge on any atom is -0.423 e. The second-order valence-electron chi connectivity index (χ2n) is 16.0. The summed E-state index contributed by atoms with van der Waals surface area (Å²) in [7, 11) is -1.64. The maximum absolute atomic E-state index is 14.1. The first-order valence-electron chi connectivity index (χ1n) is 20.7. The molecule has 9 rings (SSSR count). The molecule has 4 aromatic carbocycles. The fourth-order valence-electron chi connectivity index (χ4n) is 8.90. The van der Waals surface area contributed by atoms with Crippen molar-refractivity contribution in [2.24, 2.45) is 0 Å². The van der Waals surface area contributed by atoms with Gasteiger partial charge in [0, 0.05) is 96.2 Å². The number of amides is 4. The second kappa shape index (κ2) is 16.9. The van der Waals surface area contributed by atoms with E-state index in [-0.39, 0.29) is 30.0 Å². The standard InChI is InChI=1S/C45H44BFN6O7S/c47-31-7-2-29(3-8-31)42-40(35-12-6-30(46(59)60)26-38(35)61-42)41(55)28-4-9-32(10-5-28)51-22-18-49(19-23-51)16-1-17-50-20-24-52(25-21-50)33-11-13-34-36(27-33)45(58)53(44(34)57)37-14-15-39(54)48-43(37)56/h2-13,26-27,37,59-60H,1,14-25H2,(H,48,54,56). The predicted octanol–water partition coefficient (Wildman–Crippen LogP) is 3.35. The number of anilines is 2. The van der Waals surface area contributed by atoms with Gasteiger partial charge < -0.3 is 19.8 Å². The number of thiophene rings is 1. The Kier molecular flexibility index (Phi) is 11.3. The first kappa shape index (κ1) is 40.6. The van der Waals surface area contributed by atoms with Crippen LogP contribution in [0.1, 0.15) is 55.9 Å². The second-order valence-corrected chi connectivity index (χ2v) is 17.1. The van der Waals surface area contributed by atoms with Crippen LogP contribution in [0.3, 0.4) is 0 Å². The molecule has 4 aliphatic heterocycles. The van der Waals surface area contributed by atoms with Crippen LogP contribution in [-0.2, 0) is 9.59 Å². The third-order valence-corrected chi connectivity index (χ3v) is 13.5. The topological polar surface area (TPSA) is 154 Å². The Labute approximate surface area is 356 Å². The van der Waals surface area contributed by atoms with E-state index in [0.717, 1.165) is 92.8 Å². The zero-order chi connectivity index (χ0) is 42.4. The molecule has 5 heterocycles. The fourth-order valence-corrected chi connectivity index (χ4v) is 10.2. The highest BCUT2D eigenvalue weighted by Crippen LogP contribution is 2.40. The number of imide groups is 2. The molecule has 0 radical (unpaired) electrons. The molecular weight excluding hydrogens is 798 g/mol. The summed E-state index contributed by atoms with van der Waals surface area (Å²) >= 11 is 1.37. The number of piperidine rings is 1. The van der Waals surface area contributed by atoms with Crippen LogP contribution in [-0.4, -0.2) is 133 Å². The molecule has 1 atom stereocenters. The number of hydrogen-bond donors (Lipinski definition) is 3. The monoisotopic (exact) mass is 842 g/mol. The third-order valence-electron chi connectivity index (χ3n) is 12.3.